The van der Waals surface area contributed by atoms with Crippen molar-refractivity contribution in [3.63, 3.8) is 0 Å². The van der Waals surface area contributed by atoms with E-state index < -0.39 is 0 Å². The van der Waals surface area contributed by atoms with Crippen LogP contribution < -0.4 is 5.32 Å². The zero-order chi connectivity index (χ0) is 13.4. The molecule has 18 heavy (non-hydrogen) atoms. The van der Waals surface area contributed by atoms with Crippen LogP contribution in [0, 0.1) is 6.92 Å². The van der Waals surface area contributed by atoms with E-state index in [0.717, 1.165) is 11.3 Å². The monoisotopic (exact) mass is 252 g/mol. The van der Waals surface area contributed by atoms with E-state index >= 15 is 0 Å². The number of hydrogen-bond donors (Lipinski definition) is 2. The number of benzene rings is 1. The molecule has 0 aromatic heterocycles. The SMILES string of the molecule is COCCN(CCO)C(=O)Nc1cccc(C)c1. The first-order valence-electron chi connectivity index (χ1n) is 5.89. The second-order valence-corrected chi connectivity index (χ2v) is 4.00. The number of hydrogen-bond acceptors (Lipinski definition) is 3. The molecule has 0 saturated heterocycles. The van der Waals surface area contributed by atoms with Crippen molar-refractivity contribution in [1.82, 2.24) is 4.90 Å². The summed E-state index contributed by atoms with van der Waals surface area (Å²) in [6, 6.07) is 7.35. The van der Waals surface area contributed by atoms with Gasteiger partial charge in [-0.1, -0.05) is 12.1 Å². The highest BCUT2D eigenvalue weighted by molar-refractivity contribution is 5.89. The third-order valence-corrected chi connectivity index (χ3v) is 2.49. The molecule has 0 spiro atoms. The zero-order valence-electron chi connectivity index (χ0n) is 10.8. The van der Waals surface area contributed by atoms with Crippen LogP contribution in [0.1, 0.15) is 5.56 Å². The molecule has 0 saturated carbocycles. The van der Waals surface area contributed by atoms with Crippen LogP contribution in [0.5, 0.6) is 0 Å². The molecule has 1 aromatic rings. The molecule has 0 fully saturated rings. The van der Waals surface area contributed by atoms with Crippen molar-refractivity contribution in [2.75, 3.05) is 38.7 Å². The average Bonchev–Trinajstić information content (AvgIpc) is 2.34. The Kier molecular flexibility index (Phi) is 6.18. The number of amides is 2. The van der Waals surface area contributed by atoms with Gasteiger partial charge in [0.05, 0.1) is 13.2 Å². The first-order chi connectivity index (χ1) is 8.67. The van der Waals surface area contributed by atoms with Gasteiger partial charge in [-0.25, -0.2) is 4.79 Å². The summed E-state index contributed by atoms with van der Waals surface area (Å²) in [5.41, 5.74) is 1.83. The third kappa shape index (κ3) is 4.73. The number of ether oxygens (including phenoxy) is 1. The van der Waals surface area contributed by atoms with E-state index in [1.807, 2.05) is 31.2 Å². The Labute approximate surface area is 107 Å². The van der Waals surface area contributed by atoms with Gasteiger partial charge in [0.2, 0.25) is 0 Å². The Morgan fingerprint density at radius 3 is 2.83 bits per heavy atom. The Morgan fingerprint density at radius 2 is 2.22 bits per heavy atom. The summed E-state index contributed by atoms with van der Waals surface area (Å²) in [5.74, 6) is 0. The molecular formula is C13H20N2O3. The summed E-state index contributed by atoms with van der Waals surface area (Å²) < 4.78 is 4.93. The maximum atomic E-state index is 12.0. The summed E-state index contributed by atoms with van der Waals surface area (Å²) in [4.78, 5) is 13.5. The van der Waals surface area contributed by atoms with E-state index in [1.54, 1.807) is 7.11 Å². The third-order valence-electron chi connectivity index (χ3n) is 2.49. The van der Waals surface area contributed by atoms with Gasteiger partial charge in [-0.05, 0) is 24.6 Å². The molecule has 0 bridgehead atoms. The van der Waals surface area contributed by atoms with E-state index in [2.05, 4.69) is 5.32 Å². The molecule has 0 aliphatic rings. The number of carbonyl (C=O) groups is 1. The summed E-state index contributed by atoms with van der Waals surface area (Å²) in [5, 5.41) is 11.7. The van der Waals surface area contributed by atoms with Gasteiger partial charge < -0.3 is 20.1 Å². The summed E-state index contributed by atoms with van der Waals surface area (Å²) >= 11 is 0. The number of urea groups is 1. The molecule has 0 atom stereocenters. The minimum Gasteiger partial charge on any atom is -0.395 e. The van der Waals surface area contributed by atoms with Crippen molar-refractivity contribution in [2.45, 2.75) is 6.92 Å². The number of rotatable bonds is 6. The number of nitrogens with zero attached hydrogens (tertiary/aromatic N) is 1. The van der Waals surface area contributed by atoms with Crippen LogP contribution in [0.25, 0.3) is 0 Å². The minimum absolute atomic E-state index is 0.0645. The molecule has 1 aromatic carbocycles. The van der Waals surface area contributed by atoms with Crippen molar-refractivity contribution in [3.8, 4) is 0 Å². The molecule has 5 nitrogen and oxygen atoms in total. The molecule has 5 heteroatoms. The molecule has 2 amide bonds. The Morgan fingerprint density at radius 1 is 1.44 bits per heavy atom. The van der Waals surface area contributed by atoms with Crippen molar-refractivity contribution in [3.05, 3.63) is 29.8 Å². The van der Waals surface area contributed by atoms with Crippen LogP contribution in [0.15, 0.2) is 24.3 Å². The number of aliphatic hydroxyl groups is 1. The van der Waals surface area contributed by atoms with E-state index in [1.165, 1.54) is 4.90 Å². The number of anilines is 1. The van der Waals surface area contributed by atoms with Gasteiger partial charge in [0, 0.05) is 25.9 Å². The van der Waals surface area contributed by atoms with Crippen LogP contribution >= 0.6 is 0 Å². The van der Waals surface area contributed by atoms with Crippen molar-refractivity contribution in [1.29, 1.82) is 0 Å². The summed E-state index contributed by atoms with van der Waals surface area (Å²) in [7, 11) is 1.58. The summed E-state index contributed by atoms with van der Waals surface area (Å²) in [6.07, 6.45) is 0. The highest BCUT2D eigenvalue weighted by atomic mass is 16.5. The molecule has 2 N–H and O–H groups in total. The van der Waals surface area contributed by atoms with Crippen molar-refractivity contribution < 1.29 is 14.6 Å². The van der Waals surface area contributed by atoms with E-state index in [-0.39, 0.29) is 12.6 Å². The fourth-order valence-corrected chi connectivity index (χ4v) is 1.56. The molecular weight excluding hydrogens is 232 g/mol. The second kappa shape index (κ2) is 7.68. The predicted octanol–water partition coefficient (Wildman–Crippen LogP) is 1.47. The maximum absolute atomic E-state index is 12.0. The van der Waals surface area contributed by atoms with Crippen LogP contribution in [-0.2, 0) is 4.74 Å². The lowest BCUT2D eigenvalue weighted by molar-refractivity contribution is 0.142. The normalized spacial score (nSPS) is 10.2. The van der Waals surface area contributed by atoms with Gasteiger partial charge >= 0.3 is 6.03 Å². The number of carbonyl (C=O) groups excluding carboxylic acids is 1. The average molecular weight is 252 g/mol. The van der Waals surface area contributed by atoms with E-state index in [9.17, 15) is 4.79 Å². The molecule has 0 heterocycles. The lowest BCUT2D eigenvalue weighted by Crippen LogP contribution is -2.39. The second-order valence-electron chi connectivity index (χ2n) is 4.00. The van der Waals surface area contributed by atoms with Crippen LogP contribution in [0.3, 0.4) is 0 Å². The maximum Gasteiger partial charge on any atom is 0.321 e. The number of aliphatic hydroxyl groups excluding tert-OH is 1. The van der Waals surface area contributed by atoms with Gasteiger partial charge in [-0.2, -0.15) is 0 Å². The first-order valence-corrected chi connectivity index (χ1v) is 5.89. The molecule has 0 unspecified atom stereocenters. The molecule has 0 aliphatic carbocycles. The predicted molar refractivity (Wildman–Crippen MR) is 70.7 cm³/mol. The standard InChI is InChI=1S/C13H20N2O3/c1-11-4-3-5-12(10-11)14-13(17)15(6-8-16)7-9-18-2/h3-5,10,16H,6-9H2,1-2H3,(H,14,17). The smallest absolute Gasteiger partial charge is 0.321 e. The molecule has 100 valence electrons. The highest BCUT2D eigenvalue weighted by Gasteiger charge is 2.12. The topological polar surface area (TPSA) is 61.8 Å². The van der Waals surface area contributed by atoms with Gasteiger partial charge in [-0.15, -0.1) is 0 Å². The lowest BCUT2D eigenvalue weighted by Gasteiger charge is -2.21. The Bertz CT molecular complexity index is 382. The molecule has 1 rings (SSSR count). The lowest BCUT2D eigenvalue weighted by atomic mass is 10.2. The molecule has 0 radical (unpaired) electrons. The van der Waals surface area contributed by atoms with Crippen molar-refractivity contribution >= 4 is 11.7 Å². The zero-order valence-corrected chi connectivity index (χ0v) is 10.8. The largest absolute Gasteiger partial charge is 0.395 e. The Balaban J connectivity index is 2.60. The van der Waals surface area contributed by atoms with Gasteiger partial charge in [-0.3, -0.25) is 0 Å². The minimum atomic E-state index is -0.230. The highest BCUT2D eigenvalue weighted by Crippen LogP contribution is 2.10. The van der Waals surface area contributed by atoms with Crippen LogP contribution in [-0.4, -0.2) is 49.5 Å². The van der Waals surface area contributed by atoms with Gasteiger partial charge in [0.25, 0.3) is 0 Å². The van der Waals surface area contributed by atoms with Crippen molar-refractivity contribution in [2.24, 2.45) is 0 Å². The molecule has 0 aliphatic heterocycles. The van der Waals surface area contributed by atoms with Crippen LogP contribution in [0.4, 0.5) is 10.5 Å². The quantitative estimate of drug-likeness (QED) is 0.806. The Hall–Kier alpha value is -1.59. The van der Waals surface area contributed by atoms with E-state index in [0.29, 0.717) is 19.7 Å². The van der Waals surface area contributed by atoms with Gasteiger partial charge in [0.15, 0.2) is 0 Å². The summed E-state index contributed by atoms with van der Waals surface area (Å²) in [6.45, 7) is 3.09. The van der Waals surface area contributed by atoms with Crippen LogP contribution in [0.2, 0.25) is 0 Å². The van der Waals surface area contributed by atoms with E-state index in [4.69, 9.17) is 9.84 Å². The first kappa shape index (κ1) is 14.5. The number of nitrogens with one attached hydrogen (secondary N) is 1. The fourth-order valence-electron chi connectivity index (χ4n) is 1.56. The number of methoxy groups -OCH3 is 1. The fraction of sp³-hybridized carbons (Fsp3) is 0.462. The number of aryl methyl sites for hydroxylation is 1. The van der Waals surface area contributed by atoms with Gasteiger partial charge in [0.1, 0.15) is 0 Å².